The summed E-state index contributed by atoms with van der Waals surface area (Å²) >= 11 is 0. The maximum Gasteiger partial charge on any atom is 0.223 e. The average Bonchev–Trinajstić information content (AvgIpc) is 2.95. The first-order valence-corrected chi connectivity index (χ1v) is 9.04. The maximum absolute atomic E-state index is 13.0. The Morgan fingerprint density at radius 1 is 1.28 bits per heavy atom. The summed E-state index contributed by atoms with van der Waals surface area (Å²) in [5.41, 5.74) is 3.65. The Balaban J connectivity index is 1.73. The lowest BCUT2D eigenvalue weighted by Crippen LogP contribution is -2.44. The molecule has 0 N–H and O–H groups in total. The minimum Gasteiger partial charge on any atom is -0.332 e. The second-order valence-corrected chi connectivity index (χ2v) is 7.20. The molecule has 1 aromatic heterocycles. The number of benzene rings is 1. The molecule has 134 valence electrons. The number of amides is 1. The molecule has 0 saturated heterocycles. The third-order valence-electron chi connectivity index (χ3n) is 5.02. The highest BCUT2D eigenvalue weighted by atomic mass is 16.2. The summed E-state index contributed by atoms with van der Waals surface area (Å²) in [6, 6.07) is 10.6. The van der Waals surface area contributed by atoms with Gasteiger partial charge in [0.15, 0.2) is 0 Å². The van der Waals surface area contributed by atoms with Crippen LogP contribution in [-0.2, 0) is 24.3 Å². The summed E-state index contributed by atoms with van der Waals surface area (Å²) in [6.45, 7) is 4.54. The second-order valence-electron chi connectivity index (χ2n) is 7.20. The van der Waals surface area contributed by atoms with E-state index in [0.717, 1.165) is 31.6 Å². The van der Waals surface area contributed by atoms with Crippen LogP contribution in [-0.4, -0.2) is 52.2 Å². The normalized spacial score (nSPS) is 17.4. The molecule has 0 bridgehead atoms. The predicted octanol–water partition coefficient (Wildman–Crippen LogP) is 2.49. The molecule has 1 unspecified atom stereocenters. The van der Waals surface area contributed by atoms with Crippen molar-refractivity contribution >= 4 is 5.91 Å². The molecule has 0 spiro atoms. The van der Waals surface area contributed by atoms with Crippen LogP contribution in [0.4, 0.5) is 0 Å². The Kier molecular flexibility index (Phi) is 5.53. The van der Waals surface area contributed by atoms with E-state index in [-0.39, 0.29) is 11.9 Å². The summed E-state index contributed by atoms with van der Waals surface area (Å²) in [5, 5.41) is 4.39. The van der Waals surface area contributed by atoms with Crippen molar-refractivity contribution in [3.8, 4) is 0 Å². The Labute approximate surface area is 150 Å². The fraction of sp³-hybridized carbons (Fsp3) is 0.500. The van der Waals surface area contributed by atoms with Crippen molar-refractivity contribution in [3.05, 3.63) is 53.3 Å². The molecule has 1 aliphatic rings. The Bertz CT molecular complexity index is 722. The fourth-order valence-electron chi connectivity index (χ4n) is 3.61. The highest BCUT2D eigenvalue weighted by Crippen LogP contribution is 2.20. The Hall–Kier alpha value is -2.14. The van der Waals surface area contributed by atoms with Gasteiger partial charge in [0.1, 0.15) is 0 Å². The largest absolute Gasteiger partial charge is 0.332 e. The molecule has 1 amide bonds. The molecule has 5 heteroatoms. The topological polar surface area (TPSA) is 41.4 Å². The van der Waals surface area contributed by atoms with Gasteiger partial charge >= 0.3 is 0 Å². The van der Waals surface area contributed by atoms with Gasteiger partial charge in [-0.2, -0.15) is 5.10 Å². The van der Waals surface area contributed by atoms with Crippen molar-refractivity contribution in [2.75, 3.05) is 20.6 Å². The maximum atomic E-state index is 13.0. The van der Waals surface area contributed by atoms with Gasteiger partial charge in [0.2, 0.25) is 5.91 Å². The molecule has 0 fully saturated rings. The number of hydrogen-bond donors (Lipinski definition) is 0. The van der Waals surface area contributed by atoms with Gasteiger partial charge in [-0.25, -0.2) is 0 Å². The lowest BCUT2D eigenvalue weighted by Gasteiger charge is -2.32. The Morgan fingerprint density at radius 2 is 2.08 bits per heavy atom. The van der Waals surface area contributed by atoms with E-state index in [2.05, 4.69) is 48.1 Å². The van der Waals surface area contributed by atoms with E-state index in [0.29, 0.717) is 13.0 Å². The van der Waals surface area contributed by atoms with Crippen LogP contribution in [0.2, 0.25) is 0 Å². The number of rotatable bonds is 5. The number of hydrogen-bond acceptors (Lipinski definition) is 3. The van der Waals surface area contributed by atoms with Crippen LogP contribution in [0.5, 0.6) is 0 Å². The number of fused-ring (bicyclic) bond motifs is 1. The first kappa shape index (κ1) is 17.7. The fourth-order valence-corrected chi connectivity index (χ4v) is 3.61. The van der Waals surface area contributed by atoms with Crippen LogP contribution >= 0.6 is 0 Å². The number of nitrogens with zero attached hydrogens (tertiary/aromatic N) is 4. The summed E-state index contributed by atoms with van der Waals surface area (Å²) in [6.07, 6.45) is 4.14. The van der Waals surface area contributed by atoms with Crippen molar-refractivity contribution < 1.29 is 4.79 Å². The van der Waals surface area contributed by atoms with Gasteiger partial charge in [0, 0.05) is 31.7 Å². The van der Waals surface area contributed by atoms with Crippen molar-refractivity contribution in [3.63, 3.8) is 0 Å². The molecule has 0 radical (unpaired) electrons. The van der Waals surface area contributed by atoms with E-state index in [1.54, 1.807) is 0 Å². The van der Waals surface area contributed by atoms with Crippen molar-refractivity contribution in [1.29, 1.82) is 0 Å². The number of likely N-dealkylation sites (N-methyl/N-ethyl adjacent to an activating group) is 1. The van der Waals surface area contributed by atoms with E-state index >= 15 is 0 Å². The van der Waals surface area contributed by atoms with Crippen LogP contribution in [0.3, 0.4) is 0 Å². The molecule has 25 heavy (non-hydrogen) atoms. The molecule has 3 rings (SSSR count). The number of carbonyl (C=O) groups is 1. The average molecular weight is 340 g/mol. The predicted molar refractivity (Wildman–Crippen MR) is 99.2 cm³/mol. The molecule has 1 aromatic carbocycles. The van der Waals surface area contributed by atoms with Crippen LogP contribution in [0.25, 0.3) is 0 Å². The van der Waals surface area contributed by atoms with E-state index in [1.165, 1.54) is 11.1 Å². The first-order chi connectivity index (χ1) is 12.0. The van der Waals surface area contributed by atoms with Gasteiger partial charge in [-0.15, -0.1) is 0 Å². The summed E-state index contributed by atoms with van der Waals surface area (Å²) in [4.78, 5) is 17.3. The molecular formula is C20H28N4O. The van der Waals surface area contributed by atoms with Gasteiger partial charge in [-0.05, 0) is 51.1 Å². The standard InChI is InChI=1S/C20H28N4O/c1-16-6-4-5-7-17(16)8-9-20(25)23-15-19-10-12-21-24(19)13-11-18(23)14-22(2)3/h4-7,10,12,18H,8-9,11,13-15H2,1-3H3. The molecule has 2 heterocycles. The van der Waals surface area contributed by atoms with Gasteiger partial charge in [-0.1, -0.05) is 24.3 Å². The van der Waals surface area contributed by atoms with Crippen molar-refractivity contribution in [2.24, 2.45) is 0 Å². The van der Waals surface area contributed by atoms with E-state index in [4.69, 9.17) is 0 Å². The zero-order valence-corrected chi connectivity index (χ0v) is 15.5. The summed E-state index contributed by atoms with van der Waals surface area (Å²) < 4.78 is 2.04. The number of carbonyl (C=O) groups excluding carboxylic acids is 1. The van der Waals surface area contributed by atoms with Crippen LogP contribution in [0.1, 0.15) is 29.7 Å². The SMILES string of the molecule is Cc1ccccc1CCC(=O)N1Cc2ccnn2CCC1CN(C)C. The lowest BCUT2D eigenvalue weighted by atomic mass is 10.0. The van der Waals surface area contributed by atoms with E-state index < -0.39 is 0 Å². The first-order valence-electron chi connectivity index (χ1n) is 9.04. The monoisotopic (exact) mass is 340 g/mol. The number of aryl methyl sites for hydroxylation is 3. The molecule has 1 aliphatic heterocycles. The quantitative estimate of drug-likeness (QED) is 0.840. The molecule has 5 nitrogen and oxygen atoms in total. The highest BCUT2D eigenvalue weighted by Gasteiger charge is 2.28. The minimum absolute atomic E-state index is 0.237. The van der Waals surface area contributed by atoms with Gasteiger partial charge in [0.25, 0.3) is 0 Å². The lowest BCUT2D eigenvalue weighted by molar-refractivity contribution is -0.134. The third-order valence-corrected chi connectivity index (χ3v) is 5.02. The van der Waals surface area contributed by atoms with Gasteiger partial charge < -0.3 is 9.80 Å². The third kappa shape index (κ3) is 4.28. The van der Waals surface area contributed by atoms with Crippen LogP contribution in [0, 0.1) is 6.92 Å². The Morgan fingerprint density at radius 3 is 2.84 bits per heavy atom. The highest BCUT2D eigenvalue weighted by molar-refractivity contribution is 5.77. The van der Waals surface area contributed by atoms with Crippen molar-refractivity contribution in [2.45, 2.75) is 45.3 Å². The molecule has 0 saturated carbocycles. The summed E-state index contributed by atoms with van der Waals surface area (Å²) in [7, 11) is 4.14. The van der Waals surface area contributed by atoms with Gasteiger partial charge in [0.05, 0.1) is 12.2 Å². The summed E-state index contributed by atoms with van der Waals surface area (Å²) in [5.74, 6) is 0.241. The van der Waals surface area contributed by atoms with E-state index in [9.17, 15) is 4.79 Å². The molecular weight excluding hydrogens is 312 g/mol. The molecule has 0 aliphatic carbocycles. The van der Waals surface area contributed by atoms with Crippen molar-refractivity contribution in [1.82, 2.24) is 19.6 Å². The smallest absolute Gasteiger partial charge is 0.223 e. The molecule has 2 aromatic rings. The van der Waals surface area contributed by atoms with E-state index in [1.807, 2.05) is 29.1 Å². The minimum atomic E-state index is 0.237. The molecule has 1 atom stereocenters. The van der Waals surface area contributed by atoms with Crippen LogP contribution < -0.4 is 0 Å². The zero-order valence-electron chi connectivity index (χ0n) is 15.5. The zero-order chi connectivity index (χ0) is 17.8. The second kappa shape index (κ2) is 7.83. The van der Waals surface area contributed by atoms with Crippen LogP contribution in [0.15, 0.2) is 36.5 Å². The number of aromatic nitrogens is 2. The van der Waals surface area contributed by atoms with Gasteiger partial charge in [-0.3, -0.25) is 9.48 Å².